The maximum Gasteiger partial charge on any atom is 0.220 e. The molecule has 0 atom stereocenters. The van der Waals surface area contributed by atoms with Crippen molar-refractivity contribution in [2.45, 2.75) is 26.2 Å². The lowest BCUT2D eigenvalue weighted by atomic mass is 10.00. The molecule has 0 aromatic carbocycles. The monoisotopic (exact) mass is 179 g/mol. The molecule has 0 aliphatic carbocycles. The molecule has 3 heteroatoms. The number of hydrogen-bond donors (Lipinski definition) is 0. The van der Waals surface area contributed by atoms with E-state index in [0.29, 0.717) is 0 Å². The van der Waals surface area contributed by atoms with Gasteiger partial charge in [-0.1, -0.05) is 6.92 Å². The zero-order chi connectivity index (χ0) is 9.10. The van der Waals surface area contributed by atoms with E-state index in [2.05, 4.69) is 21.8 Å². The quantitative estimate of drug-likeness (QED) is 0.554. The first-order valence-electron chi connectivity index (χ1n) is 5.18. The van der Waals surface area contributed by atoms with Crippen LogP contribution in [0.2, 0.25) is 0 Å². The Morgan fingerprint density at radius 3 is 2.77 bits per heavy atom. The van der Waals surface area contributed by atoms with Gasteiger partial charge in [-0.15, -0.1) is 0 Å². The molecule has 0 unspecified atom stereocenters. The van der Waals surface area contributed by atoms with Gasteiger partial charge in [0.25, 0.3) is 0 Å². The predicted molar refractivity (Wildman–Crippen MR) is 55.4 cm³/mol. The second-order valence-electron chi connectivity index (χ2n) is 3.95. The molecule has 2 aliphatic heterocycles. The van der Waals surface area contributed by atoms with Crippen LogP contribution in [0.4, 0.5) is 0 Å². The summed E-state index contributed by atoms with van der Waals surface area (Å²) >= 11 is 0. The van der Waals surface area contributed by atoms with Gasteiger partial charge in [-0.05, 0) is 18.8 Å². The van der Waals surface area contributed by atoms with Crippen molar-refractivity contribution in [2.75, 3.05) is 19.6 Å². The number of nitrogens with zero attached hydrogens (tertiary/aromatic N) is 3. The van der Waals surface area contributed by atoms with Crippen LogP contribution in [0.5, 0.6) is 0 Å². The van der Waals surface area contributed by atoms with Gasteiger partial charge in [0.05, 0.1) is 0 Å². The van der Waals surface area contributed by atoms with E-state index in [-0.39, 0.29) is 0 Å². The number of rotatable bonds is 0. The van der Waals surface area contributed by atoms with Crippen LogP contribution in [-0.2, 0) is 0 Å². The SMILES string of the molecule is CC1CCN(C2=NCCC=N2)CC1. The average molecular weight is 179 g/mol. The second-order valence-corrected chi connectivity index (χ2v) is 3.95. The summed E-state index contributed by atoms with van der Waals surface area (Å²) in [7, 11) is 0. The van der Waals surface area contributed by atoms with Gasteiger partial charge in [0.1, 0.15) is 0 Å². The Labute approximate surface area is 79.6 Å². The second kappa shape index (κ2) is 3.90. The fourth-order valence-electron chi connectivity index (χ4n) is 1.80. The van der Waals surface area contributed by atoms with Gasteiger partial charge in [0.2, 0.25) is 5.96 Å². The Morgan fingerprint density at radius 1 is 1.38 bits per heavy atom. The van der Waals surface area contributed by atoms with Crippen LogP contribution in [0.15, 0.2) is 9.98 Å². The fourth-order valence-corrected chi connectivity index (χ4v) is 1.80. The fraction of sp³-hybridized carbons (Fsp3) is 0.800. The third kappa shape index (κ3) is 2.08. The van der Waals surface area contributed by atoms with Crippen molar-refractivity contribution >= 4 is 12.2 Å². The van der Waals surface area contributed by atoms with Gasteiger partial charge >= 0.3 is 0 Å². The van der Waals surface area contributed by atoms with Crippen LogP contribution in [0.1, 0.15) is 26.2 Å². The molecule has 0 radical (unpaired) electrons. The highest BCUT2D eigenvalue weighted by Gasteiger charge is 2.18. The summed E-state index contributed by atoms with van der Waals surface area (Å²) in [6.07, 6.45) is 5.57. The van der Waals surface area contributed by atoms with Gasteiger partial charge in [-0.3, -0.25) is 4.99 Å². The molecule has 2 rings (SSSR count). The molecule has 0 aromatic rings. The average Bonchev–Trinajstić information content (AvgIpc) is 2.20. The highest BCUT2D eigenvalue weighted by molar-refractivity contribution is 5.89. The van der Waals surface area contributed by atoms with Crippen molar-refractivity contribution in [3.8, 4) is 0 Å². The van der Waals surface area contributed by atoms with Crippen molar-refractivity contribution in [2.24, 2.45) is 15.9 Å². The molecule has 2 aliphatic rings. The molecule has 3 nitrogen and oxygen atoms in total. The number of aliphatic imine (C=N–C) groups is 2. The maximum absolute atomic E-state index is 4.42. The van der Waals surface area contributed by atoms with Gasteiger partial charge < -0.3 is 4.90 Å². The standard InChI is InChI=1S/C10H17N3/c1-9-3-7-13(8-4-9)10-11-5-2-6-12-10/h5,9H,2-4,6-8H2,1H3. The van der Waals surface area contributed by atoms with Crippen molar-refractivity contribution in [1.29, 1.82) is 0 Å². The normalized spacial score (nSPS) is 24.7. The molecule has 72 valence electrons. The van der Waals surface area contributed by atoms with Crippen LogP contribution in [0.3, 0.4) is 0 Å². The lowest BCUT2D eigenvalue weighted by molar-refractivity contribution is 0.277. The molecular formula is C10H17N3. The van der Waals surface area contributed by atoms with E-state index in [9.17, 15) is 0 Å². The summed E-state index contributed by atoms with van der Waals surface area (Å²) in [4.78, 5) is 11.1. The van der Waals surface area contributed by atoms with Gasteiger partial charge in [-0.2, -0.15) is 0 Å². The van der Waals surface area contributed by atoms with Crippen LogP contribution >= 0.6 is 0 Å². The Bertz CT molecular complexity index is 224. The molecular weight excluding hydrogens is 162 g/mol. The van der Waals surface area contributed by atoms with Crippen LogP contribution < -0.4 is 0 Å². The van der Waals surface area contributed by atoms with Gasteiger partial charge in [-0.25, -0.2) is 4.99 Å². The van der Waals surface area contributed by atoms with Gasteiger partial charge in [0, 0.05) is 32.3 Å². The van der Waals surface area contributed by atoms with Crippen LogP contribution in [0, 0.1) is 5.92 Å². The lowest BCUT2D eigenvalue weighted by Crippen LogP contribution is -2.37. The van der Waals surface area contributed by atoms with Gasteiger partial charge in [0.15, 0.2) is 0 Å². The highest BCUT2D eigenvalue weighted by atomic mass is 15.3. The lowest BCUT2D eigenvalue weighted by Gasteiger charge is -2.31. The first-order valence-corrected chi connectivity index (χ1v) is 5.18. The van der Waals surface area contributed by atoms with Crippen LogP contribution in [0.25, 0.3) is 0 Å². The largest absolute Gasteiger partial charge is 0.341 e. The Hall–Kier alpha value is -0.860. The zero-order valence-corrected chi connectivity index (χ0v) is 8.24. The molecule has 0 N–H and O–H groups in total. The van der Waals surface area contributed by atoms with E-state index in [1.165, 1.54) is 12.8 Å². The van der Waals surface area contributed by atoms with E-state index in [0.717, 1.165) is 37.9 Å². The summed E-state index contributed by atoms with van der Waals surface area (Å²) in [5.41, 5.74) is 0. The molecule has 0 bridgehead atoms. The smallest absolute Gasteiger partial charge is 0.220 e. The first-order chi connectivity index (χ1) is 6.36. The molecule has 1 fully saturated rings. The van der Waals surface area contributed by atoms with E-state index >= 15 is 0 Å². The van der Waals surface area contributed by atoms with Crippen molar-refractivity contribution in [3.05, 3.63) is 0 Å². The minimum Gasteiger partial charge on any atom is -0.341 e. The highest BCUT2D eigenvalue weighted by Crippen LogP contribution is 2.17. The summed E-state index contributed by atoms with van der Waals surface area (Å²) < 4.78 is 0. The molecule has 0 aromatic heterocycles. The molecule has 13 heavy (non-hydrogen) atoms. The summed E-state index contributed by atoms with van der Waals surface area (Å²) in [5.74, 6) is 1.85. The zero-order valence-electron chi connectivity index (χ0n) is 8.24. The van der Waals surface area contributed by atoms with Crippen molar-refractivity contribution < 1.29 is 0 Å². The maximum atomic E-state index is 4.42. The Balaban J connectivity index is 1.94. The Kier molecular flexibility index (Phi) is 2.62. The number of hydrogen-bond acceptors (Lipinski definition) is 3. The van der Waals surface area contributed by atoms with Crippen LogP contribution in [-0.4, -0.2) is 36.7 Å². The van der Waals surface area contributed by atoms with E-state index in [1.54, 1.807) is 0 Å². The molecule has 0 spiro atoms. The summed E-state index contributed by atoms with van der Waals surface area (Å²) in [5, 5.41) is 0. The number of guanidine groups is 1. The van der Waals surface area contributed by atoms with E-state index in [4.69, 9.17) is 0 Å². The third-order valence-electron chi connectivity index (χ3n) is 2.78. The minimum absolute atomic E-state index is 0.879. The molecule has 0 saturated carbocycles. The molecule has 2 heterocycles. The van der Waals surface area contributed by atoms with E-state index in [1.807, 2.05) is 6.21 Å². The first kappa shape index (κ1) is 8.73. The summed E-state index contributed by atoms with van der Waals surface area (Å²) in [6.45, 7) is 5.52. The molecule has 1 saturated heterocycles. The Morgan fingerprint density at radius 2 is 2.15 bits per heavy atom. The van der Waals surface area contributed by atoms with E-state index < -0.39 is 0 Å². The van der Waals surface area contributed by atoms with Crippen molar-refractivity contribution in [1.82, 2.24) is 4.90 Å². The predicted octanol–water partition coefficient (Wildman–Crippen LogP) is 1.55. The summed E-state index contributed by atoms with van der Waals surface area (Å²) in [6, 6.07) is 0. The number of piperidine rings is 1. The minimum atomic E-state index is 0.879. The third-order valence-corrected chi connectivity index (χ3v) is 2.78. The number of likely N-dealkylation sites (tertiary alicyclic amines) is 1. The topological polar surface area (TPSA) is 28.0 Å². The van der Waals surface area contributed by atoms with Crippen molar-refractivity contribution in [3.63, 3.8) is 0 Å². The molecule has 0 amide bonds.